The molecule has 0 aliphatic carbocycles. The van der Waals surface area contributed by atoms with E-state index in [1.165, 1.54) is 42.5 Å². The summed E-state index contributed by atoms with van der Waals surface area (Å²) in [5.41, 5.74) is 0.363. The van der Waals surface area contributed by atoms with Gasteiger partial charge < -0.3 is 5.32 Å². The molecule has 128 valence electrons. The fourth-order valence-corrected chi connectivity index (χ4v) is 3.24. The molecule has 0 spiro atoms. The third-order valence-corrected chi connectivity index (χ3v) is 5.06. The van der Waals surface area contributed by atoms with E-state index in [0.29, 0.717) is 10.7 Å². The molecule has 0 aliphatic heterocycles. The molecular formula is C14H13Cl2N3O4S. The van der Waals surface area contributed by atoms with Crippen molar-refractivity contribution in [2.24, 2.45) is 0 Å². The molecule has 0 fully saturated rings. The van der Waals surface area contributed by atoms with Crippen molar-refractivity contribution in [1.29, 1.82) is 0 Å². The summed E-state index contributed by atoms with van der Waals surface area (Å²) in [6.45, 7) is 0.364. The number of sulfonamides is 1. The van der Waals surface area contributed by atoms with Gasteiger partial charge in [-0.25, -0.2) is 13.1 Å². The summed E-state index contributed by atoms with van der Waals surface area (Å²) in [5.74, 6) is 0. The minimum Gasteiger partial charge on any atom is -0.383 e. The van der Waals surface area contributed by atoms with Crippen molar-refractivity contribution in [2.45, 2.75) is 4.90 Å². The van der Waals surface area contributed by atoms with Crippen molar-refractivity contribution in [1.82, 2.24) is 4.72 Å². The van der Waals surface area contributed by atoms with E-state index in [0.717, 1.165) is 0 Å². The Morgan fingerprint density at radius 1 is 1.04 bits per heavy atom. The maximum atomic E-state index is 12.1. The SMILES string of the molecule is O=[N+]([O-])c1ccc(NCCNS(=O)(=O)c2ccc(Cl)cc2)c(Cl)c1. The van der Waals surface area contributed by atoms with E-state index in [1.54, 1.807) is 0 Å². The van der Waals surface area contributed by atoms with Crippen LogP contribution in [0, 0.1) is 10.1 Å². The number of nitro groups is 1. The quantitative estimate of drug-likeness (QED) is 0.429. The molecule has 0 bridgehead atoms. The second kappa shape index (κ2) is 7.80. The van der Waals surface area contributed by atoms with Gasteiger partial charge in [-0.1, -0.05) is 23.2 Å². The number of anilines is 1. The Hall–Kier alpha value is -1.87. The molecule has 2 N–H and O–H groups in total. The van der Waals surface area contributed by atoms with Gasteiger partial charge >= 0.3 is 0 Å². The van der Waals surface area contributed by atoms with Crippen LogP contribution in [0.25, 0.3) is 0 Å². The normalized spacial score (nSPS) is 11.2. The van der Waals surface area contributed by atoms with Gasteiger partial charge in [-0.15, -0.1) is 0 Å². The molecule has 0 aliphatic rings. The Morgan fingerprint density at radius 3 is 2.29 bits per heavy atom. The first-order chi connectivity index (χ1) is 11.3. The van der Waals surface area contributed by atoms with Gasteiger partial charge in [0.1, 0.15) is 0 Å². The average Bonchev–Trinajstić information content (AvgIpc) is 2.53. The van der Waals surface area contributed by atoms with Gasteiger partial charge in [-0.2, -0.15) is 0 Å². The van der Waals surface area contributed by atoms with Crippen LogP contribution in [0.5, 0.6) is 0 Å². The monoisotopic (exact) mass is 389 g/mol. The standard InChI is InChI=1S/C14H13Cl2N3O4S/c15-10-1-4-12(5-2-10)24(22,23)18-8-7-17-14-6-3-11(19(20)21)9-13(14)16/h1-6,9,17-18H,7-8H2. The predicted molar refractivity (Wildman–Crippen MR) is 93.2 cm³/mol. The average molecular weight is 390 g/mol. The molecular weight excluding hydrogens is 377 g/mol. The van der Waals surface area contributed by atoms with Crippen molar-refractivity contribution in [3.8, 4) is 0 Å². The van der Waals surface area contributed by atoms with E-state index in [-0.39, 0.29) is 28.7 Å². The van der Waals surface area contributed by atoms with Gasteiger partial charge in [0.25, 0.3) is 5.69 Å². The predicted octanol–water partition coefficient (Wildman–Crippen LogP) is 3.29. The van der Waals surface area contributed by atoms with Crippen LogP contribution in [-0.2, 0) is 10.0 Å². The Labute approximate surface area is 148 Å². The first kappa shape index (κ1) is 18.5. The zero-order chi connectivity index (χ0) is 17.7. The second-order valence-electron chi connectivity index (χ2n) is 4.70. The molecule has 7 nitrogen and oxygen atoms in total. The molecule has 0 atom stereocenters. The molecule has 24 heavy (non-hydrogen) atoms. The van der Waals surface area contributed by atoms with E-state index in [1.807, 2.05) is 0 Å². The van der Waals surface area contributed by atoms with Crippen molar-refractivity contribution in [2.75, 3.05) is 18.4 Å². The summed E-state index contributed by atoms with van der Waals surface area (Å²) in [7, 11) is -3.63. The van der Waals surface area contributed by atoms with Crippen LogP contribution < -0.4 is 10.0 Å². The van der Waals surface area contributed by atoms with E-state index in [4.69, 9.17) is 23.2 Å². The van der Waals surface area contributed by atoms with Gasteiger partial charge in [0.15, 0.2) is 0 Å². The molecule has 0 saturated heterocycles. The highest BCUT2D eigenvalue weighted by atomic mass is 35.5. The summed E-state index contributed by atoms with van der Waals surface area (Å²) in [6, 6.07) is 9.80. The van der Waals surface area contributed by atoms with E-state index < -0.39 is 14.9 Å². The highest BCUT2D eigenvalue weighted by Gasteiger charge is 2.13. The third kappa shape index (κ3) is 4.81. The molecule has 0 unspecified atom stereocenters. The van der Waals surface area contributed by atoms with Crippen molar-refractivity contribution in [3.05, 3.63) is 62.6 Å². The van der Waals surface area contributed by atoms with Crippen LogP contribution in [0.15, 0.2) is 47.4 Å². The molecule has 2 aromatic rings. The molecule has 0 amide bonds. The third-order valence-electron chi connectivity index (χ3n) is 3.02. The van der Waals surface area contributed by atoms with Crippen LogP contribution >= 0.6 is 23.2 Å². The molecule has 2 rings (SSSR count). The van der Waals surface area contributed by atoms with Gasteiger partial charge in [-0.3, -0.25) is 10.1 Å². The lowest BCUT2D eigenvalue weighted by Crippen LogP contribution is -2.28. The number of rotatable bonds is 7. The number of hydrogen-bond donors (Lipinski definition) is 2. The largest absolute Gasteiger partial charge is 0.383 e. The number of hydrogen-bond acceptors (Lipinski definition) is 5. The van der Waals surface area contributed by atoms with Crippen molar-refractivity contribution in [3.63, 3.8) is 0 Å². The zero-order valence-corrected chi connectivity index (χ0v) is 14.5. The molecule has 10 heteroatoms. The van der Waals surface area contributed by atoms with E-state index in [9.17, 15) is 18.5 Å². The number of non-ortho nitro benzene ring substituents is 1. The van der Waals surface area contributed by atoms with Crippen LogP contribution in [0.3, 0.4) is 0 Å². The van der Waals surface area contributed by atoms with Gasteiger partial charge in [0.2, 0.25) is 10.0 Å². The molecule has 0 heterocycles. The van der Waals surface area contributed by atoms with Crippen molar-refractivity contribution < 1.29 is 13.3 Å². The van der Waals surface area contributed by atoms with Crippen LogP contribution in [0.1, 0.15) is 0 Å². The summed E-state index contributed by atoms with van der Waals surface area (Å²) in [6.07, 6.45) is 0. The number of nitro benzene ring substituents is 1. The highest BCUT2D eigenvalue weighted by molar-refractivity contribution is 7.89. The van der Waals surface area contributed by atoms with Crippen LogP contribution in [0.2, 0.25) is 10.0 Å². The molecule has 0 radical (unpaired) electrons. The number of nitrogens with one attached hydrogen (secondary N) is 2. The van der Waals surface area contributed by atoms with Gasteiger partial charge in [0.05, 0.1) is 20.5 Å². The number of benzene rings is 2. The summed E-state index contributed by atoms with van der Waals surface area (Å²) >= 11 is 11.7. The topological polar surface area (TPSA) is 101 Å². The molecule has 0 aromatic heterocycles. The lowest BCUT2D eigenvalue weighted by Gasteiger charge is -2.10. The Bertz CT molecular complexity index is 842. The van der Waals surface area contributed by atoms with Gasteiger partial charge in [0, 0.05) is 30.2 Å². The lowest BCUT2D eigenvalue weighted by molar-refractivity contribution is -0.384. The molecule has 2 aromatic carbocycles. The maximum absolute atomic E-state index is 12.1. The van der Waals surface area contributed by atoms with E-state index >= 15 is 0 Å². The fraction of sp³-hybridized carbons (Fsp3) is 0.143. The number of halogens is 2. The highest BCUT2D eigenvalue weighted by Crippen LogP contribution is 2.26. The zero-order valence-electron chi connectivity index (χ0n) is 12.2. The summed E-state index contributed by atoms with van der Waals surface area (Å²) < 4.78 is 26.5. The Morgan fingerprint density at radius 2 is 1.71 bits per heavy atom. The summed E-state index contributed by atoms with van der Waals surface area (Å²) in [5, 5.41) is 14.2. The van der Waals surface area contributed by atoms with E-state index in [2.05, 4.69) is 10.0 Å². The summed E-state index contributed by atoms with van der Waals surface area (Å²) in [4.78, 5) is 10.2. The second-order valence-corrected chi connectivity index (χ2v) is 7.31. The lowest BCUT2D eigenvalue weighted by atomic mass is 10.3. The smallest absolute Gasteiger partial charge is 0.271 e. The van der Waals surface area contributed by atoms with Crippen LogP contribution in [-0.4, -0.2) is 26.4 Å². The maximum Gasteiger partial charge on any atom is 0.271 e. The minimum atomic E-state index is -3.63. The van der Waals surface area contributed by atoms with Crippen LogP contribution in [0.4, 0.5) is 11.4 Å². The number of nitrogens with zero attached hydrogens (tertiary/aromatic N) is 1. The minimum absolute atomic E-state index is 0.109. The van der Waals surface area contributed by atoms with Gasteiger partial charge in [-0.05, 0) is 30.3 Å². The fourth-order valence-electron chi connectivity index (χ4n) is 1.84. The first-order valence-electron chi connectivity index (χ1n) is 6.72. The molecule has 0 saturated carbocycles. The Balaban J connectivity index is 1.91. The first-order valence-corrected chi connectivity index (χ1v) is 8.96. The Kier molecular flexibility index (Phi) is 6.00. The van der Waals surface area contributed by atoms with Crippen molar-refractivity contribution >= 4 is 44.6 Å².